The van der Waals surface area contributed by atoms with Gasteiger partial charge in [0, 0.05) is 15.4 Å². The van der Waals surface area contributed by atoms with Gasteiger partial charge in [0.15, 0.2) is 0 Å². The molecule has 0 atom stereocenters. The average Bonchev–Trinajstić information content (AvgIpc) is 2.44. The summed E-state index contributed by atoms with van der Waals surface area (Å²) in [6.45, 7) is 3.94. The van der Waals surface area contributed by atoms with E-state index in [-0.39, 0.29) is 0 Å². The molecule has 0 amide bonds. The molecule has 0 spiro atoms. The summed E-state index contributed by atoms with van der Waals surface area (Å²) in [6, 6.07) is 14.5. The van der Waals surface area contributed by atoms with E-state index in [0.29, 0.717) is 0 Å². The standard InChI is InChI=1S/C15H14N2OS/c1-10(17-18-2)11-7-8-15-13(9-11)16-12-5-3-4-6-14(12)19-15/h3-9,16-17H,1H2,2H3. The molecule has 0 saturated heterocycles. The number of para-hydroxylation sites is 1. The van der Waals surface area contributed by atoms with Crippen LogP contribution in [0.3, 0.4) is 0 Å². The Morgan fingerprint density at radius 3 is 2.79 bits per heavy atom. The predicted molar refractivity (Wildman–Crippen MR) is 79.5 cm³/mol. The molecule has 0 aromatic heterocycles. The van der Waals surface area contributed by atoms with E-state index in [1.807, 2.05) is 12.1 Å². The Labute approximate surface area is 116 Å². The second kappa shape index (κ2) is 4.99. The molecule has 4 heteroatoms. The topological polar surface area (TPSA) is 33.3 Å². The molecule has 0 unspecified atom stereocenters. The zero-order valence-electron chi connectivity index (χ0n) is 10.6. The van der Waals surface area contributed by atoms with Crippen LogP contribution in [0.2, 0.25) is 0 Å². The molecule has 2 aromatic carbocycles. The van der Waals surface area contributed by atoms with Crippen LogP contribution in [-0.2, 0) is 4.84 Å². The van der Waals surface area contributed by atoms with E-state index in [2.05, 4.69) is 47.7 Å². The molecular weight excluding hydrogens is 256 g/mol. The van der Waals surface area contributed by atoms with Gasteiger partial charge < -0.3 is 5.32 Å². The summed E-state index contributed by atoms with van der Waals surface area (Å²) in [6.07, 6.45) is 0. The Morgan fingerprint density at radius 1 is 1.16 bits per heavy atom. The normalized spacial score (nSPS) is 12.1. The van der Waals surface area contributed by atoms with Crippen molar-refractivity contribution in [3.8, 4) is 0 Å². The molecule has 0 fully saturated rings. The van der Waals surface area contributed by atoms with Crippen molar-refractivity contribution >= 4 is 28.8 Å². The minimum atomic E-state index is 0.746. The zero-order chi connectivity index (χ0) is 13.2. The van der Waals surface area contributed by atoms with Crippen molar-refractivity contribution in [1.82, 2.24) is 5.48 Å². The van der Waals surface area contributed by atoms with E-state index in [0.717, 1.165) is 22.6 Å². The van der Waals surface area contributed by atoms with E-state index in [4.69, 9.17) is 4.84 Å². The van der Waals surface area contributed by atoms with E-state index in [9.17, 15) is 0 Å². The van der Waals surface area contributed by atoms with Crippen LogP contribution in [-0.4, -0.2) is 7.11 Å². The van der Waals surface area contributed by atoms with Crippen LogP contribution >= 0.6 is 11.8 Å². The average molecular weight is 270 g/mol. The van der Waals surface area contributed by atoms with Gasteiger partial charge in [0.25, 0.3) is 0 Å². The lowest BCUT2D eigenvalue weighted by Crippen LogP contribution is -2.09. The Kier molecular flexibility index (Phi) is 3.19. The first-order valence-corrected chi connectivity index (χ1v) is 6.76. The SMILES string of the molecule is C=C(NOC)c1ccc2c(c1)Nc1ccccc1S2. The third-order valence-corrected chi connectivity index (χ3v) is 4.08. The van der Waals surface area contributed by atoms with Crippen LogP contribution in [0.4, 0.5) is 11.4 Å². The Bertz CT molecular complexity index is 640. The summed E-state index contributed by atoms with van der Waals surface area (Å²) in [4.78, 5) is 7.35. The van der Waals surface area contributed by atoms with E-state index in [1.165, 1.54) is 9.79 Å². The summed E-state index contributed by atoms with van der Waals surface area (Å²) in [5.74, 6) is 0. The fourth-order valence-corrected chi connectivity index (χ4v) is 2.98. The monoisotopic (exact) mass is 270 g/mol. The summed E-state index contributed by atoms with van der Waals surface area (Å²) in [5, 5.41) is 3.45. The molecular formula is C15H14N2OS. The Balaban J connectivity index is 1.94. The second-order valence-electron chi connectivity index (χ2n) is 4.22. The van der Waals surface area contributed by atoms with Crippen LogP contribution < -0.4 is 10.8 Å². The van der Waals surface area contributed by atoms with E-state index >= 15 is 0 Å². The van der Waals surface area contributed by atoms with Crippen LogP contribution in [0.25, 0.3) is 5.70 Å². The molecule has 2 aromatic rings. The molecule has 19 heavy (non-hydrogen) atoms. The number of anilines is 2. The molecule has 0 radical (unpaired) electrons. The fraction of sp³-hybridized carbons (Fsp3) is 0.0667. The number of fused-ring (bicyclic) bond motifs is 2. The number of hydrogen-bond donors (Lipinski definition) is 2. The maximum Gasteiger partial charge on any atom is 0.0636 e. The van der Waals surface area contributed by atoms with Crippen molar-refractivity contribution in [3.05, 3.63) is 54.6 Å². The second-order valence-corrected chi connectivity index (χ2v) is 5.30. The highest BCUT2D eigenvalue weighted by atomic mass is 32.2. The van der Waals surface area contributed by atoms with Crippen molar-refractivity contribution in [3.63, 3.8) is 0 Å². The molecule has 1 aliphatic rings. The van der Waals surface area contributed by atoms with Gasteiger partial charge in [-0.15, -0.1) is 0 Å². The summed E-state index contributed by atoms with van der Waals surface area (Å²) >= 11 is 1.77. The van der Waals surface area contributed by atoms with Gasteiger partial charge in [0.1, 0.15) is 0 Å². The third-order valence-electron chi connectivity index (χ3n) is 2.93. The third kappa shape index (κ3) is 2.32. The largest absolute Gasteiger partial charge is 0.354 e. The van der Waals surface area contributed by atoms with Crippen molar-refractivity contribution < 1.29 is 4.84 Å². The molecule has 3 rings (SSSR count). The summed E-state index contributed by atoms with van der Waals surface area (Å²) in [5.41, 5.74) is 6.75. The Hall–Kier alpha value is -1.91. The van der Waals surface area contributed by atoms with Gasteiger partial charge in [0.05, 0.1) is 24.2 Å². The number of hydroxylamine groups is 1. The molecule has 0 bridgehead atoms. The van der Waals surface area contributed by atoms with E-state index in [1.54, 1.807) is 18.9 Å². The minimum Gasteiger partial charge on any atom is -0.354 e. The fourth-order valence-electron chi connectivity index (χ4n) is 2.01. The zero-order valence-corrected chi connectivity index (χ0v) is 11.4. The number of nitrogens with one attached hydrogen (secondary N) is 2. The minimum absolute atomic E-state index is 0.746. The van der Waals surface area contributed by atoms with E-state index < -0.39 is 0 Å². The first kappa shape index (κ1) is 12.1. The maximum absolute atomic E-state index is 4.88. The van der Waals surface area contributed by atoms with Crippen molar-refractivity contribution in [2.45, 2.75) is 9.79 Å². The van der Waals surface area contributed by atoms with Gasteiger partial charge >= 0.3 is 0 Å². The number of hydrogen-bond acceptors (Lipinski definition) is 4. The molecule has 96 valence electrons. The van der Waals surface area contributed by atoms with Crippen LogP contribution in [0.5, 0.6) is 0 Å². The highest BCUT2D eigenvalue weighted by Gasteiger charge is 2.15. The first-order chi connectivity index (χ1) is 9.28. The lowest BCUT2D eigenvalue weighted by atomic mass is 10.1. The molecule has 0 aliphatic carbocycles. The molecule has 1 heterocycles. The van der Waals surface area contributed by atoms with Crippen LogP contribution in [0.15, 0.2) is 58.8 Å². The highest BCUT2D eigenvalue weighted by molar-refractivity contribution is 7.99. The molecule has 1 aliphatic heterocycles. The highest BCUT2D eigenvalue weighted by Crippen LogP contribution is 2.44. The van der Waals surface area contributed by atoms with Gasteiger partial charge in [-0.25, -0.2) is 0 Å². The van der Waals surface area contributed by atoms with Gasteiger partial charge in [-0.2, -0.15) is 0 Å². The smallest absolute Gasteiger partial charge is 0.0636 e. The van der Waals surface area contributed by atoms with Crippen molar-refractivity contribution in [2.24, 2.45) is 0 Å². The number of benzene rings is 2. The van der Waals surface area contributed by atoms with Gasteiger partial charge in [-0.05, 0) is 24.3 Å². The van der Waals surface area contributed by atoms with Crippen molar-refractivity contribution in [2.75, 3.05) is 12.4 Å². The van der Waals surface area contributed by atoms with Gasteiger partial charge in [-0.3, -0.25) is 10.3 Å². The maximum atomic E-state index is 4.88. The first-order valence-electron chi connectivity index (χ1n) is 5.94. The quantitative estimate of drug-likeness (QED) is 0.704. The lowest BCUT2D eigenvalue weighted by molar-refractivity contribution is 0.137. The van der Waals surface area contributed by atoms with Crippen LogP contribution in [0, 0.1) is 0 Å². The summed E-state index contributed by atoms with van der Waals surface area (Å²) in [7, 11) is 1.58. The predicted octanol–water partition coefficient (Wildman–Crippen LogP) is 4.02. The lowest BCUT2D eigenvalue weighted by Gasteiger charge is -2.21. The van der Waals surface area contributed by atoms with Crippen LogP contribution in [0.1, 0.15) is 5.56 Å². The summed E-state index contributed by atoms with van der Waals surface area (Å²) < 4.78 is 0. The molecule has 2 N–H and O–H groups in total. The number of rotatable bonds is 3. The molecule has 3 nitrogen and oxygen atoms in total. The van der Waals surface area contributed by atoms with Gasteiger partial charge in [0.2, 0.25) is 0 Å². The molecule has 0 saturated carbocycles. The van der Waals surface area contributed by atoms with Crippen molar-refractivity contribution in [1.29, 1.82) is 0 Å². The Morgan fingerprint density at radius 2 is 1.95 bits per heavy atom. The van der Waals surface area contributed by atoms with Gasteiger partial charge in [-0.1, -0.05) is 36.5 Å².